The number of rotatable bonds is 8. The molecule has 2 heterocycles. The number of pyridine rings is 1. The lowest BCUT2D eigenvalue weighted by atomic mass is 10.0. The van der Waals surface area contributed by atoms with Crippen LogP contribution in [0.4, 0.5) is 5.69 Å². The number of hydrogen-bond donors (Lipinski definition) is 1. The van der Waals surface area contributed by atoms with Crippen LogP contribution in [0.3, 0.4) is 0 Å². The molecule has 0 aliphatic heterocycles. The number of aryl methyl sites for hydroxylation is 1. The third kappa shape index (κ3) is 4.75. The number of ketones is 1. The standard InChI is InChI=1S/C26H24ClN3O4/c1-4-34-23-13-19(11-12-28-23)30(15-17-5-7-18(27)8-6-17)26(32)25(31)24-16(2)29-22-10-9-20(33-3)14-21(22)24/h5-14,29H,4,15H2,1-3H3. The Morgan fingerprint density at radius 1 is 1.09 bits per heavy atom. The summed E-state index contributed by atoms with van der Waals surface area (Å²) in [5.74, 6) is -0.327. The van der Waals surface area contributed by atoms with Crippen molar-refractivity contribution in [3.63, 3.8) is 0 Å². The number of carbonyl (C=O) groups excluding carboxylic acids is 2. The van der Waals surface area contributed by atoms with Crippen molar-refractivity contribution in [2.45, 2.75) is 20.4 Å². The Kier molecular flexibility index (Phi) is 6.84. The van der Waals surface area contributed by atoms with Crippen molar-refractivity contribution >= 4 is 39.9 Å². The number of aromatic nitrogens is 2. The highest BCUT2D eigenvalue weighted by Gasteiger charge is 2.29. The van der Waals surface area contributed by atoms with Gasteiger partial charge in [-0.25, -0.2) is 4.98 Å². The Hall–Kier alpha value is -3.84. The van der Waals surface area contributed by atoms with Crippen molar-refractivity contribution in [1.29, 1.82) is 0 Å². The summed E-state index contributed by atoms with van der Waals surface area (Å²) in [7, 11) is 1.56. The summed E-state index contributed by atoms with van der Waals surface area (Å²) in [5.41, 5.74) is 3.00. The van der Waals surface area contributed by atoms with Gasteiger partial charge >= 0.3 is 0 Å². The van der Waals surface area contributed by atoms with Crippen LogP contribution in [0.1, 0.15) is 28.5 Å². The monoisotopic (exact) mass is 477 g/mol. The molecule has 0 saturated carbocycles. The molecule has 0 atom stereocenters. The Bertz CT molecular complexity index is 1350. The van der Waals surface area contributed by atoms with Crippen LogP contribution in [0.5, 0.6) is 11.6 Å². The molecule has 0 unspecified atom stereocenters. The van der Waals surface area contributed by atoms with Gasteiger partial charge in [0.15, 0.2) is 0 Å². The molecule has 8 heteroatoms. The fourth-order valence-corrected chi connectivity index (χ4v) is 3.93. The van der Waals surface area contributed by atoms with Crippen molar-refractivity contribution in [1.82, 2.24) is 9.97 Å². The molecule has 34 heavy (non-hydrogen) atoms. The number of amides is 1. The molecule has 2 aromatic carbocycles. The van der Waals surface area contributed by atoms with E-state index in [0.29, 0.717) is 45.6 Å². The molecule has 1 N–H and O–H groups in total. The lowest BCUT2D eigenvalue weighted by Crippen LogP contribution is -2.36. The first-order chi connectivity index (χ1) is 16.4. The molecule has 0 spiro atoms. The highest BCUT2D eigenvalue weighted by Crippen LogP contribution is 2.29. The minimum atomic E-state index is -0.671. The lowest BCUT2D eigenvalue weighted by molar-refractivity contribution is -0.114. The van der Waals surface area contributed by atoms with E-state index in [1.165, 1.54) is 4.90 Å². The molecular formula is C26H24ClN3O4. The van der Waals surface area contributed by atoms with Gasteiger partial charge in [-0.3, -0.25) is 9.59 Å². The molecule has 0 saturated heterocycles. The van der Waals surface area contributed by atoms with Gasteiger partial charge in [0, 0.05) is 33.9 Å². The summed E-state index contributed by atoms with van der Waals surface area (Å²) in [6.07, 6.45) is 1.55. The van der Waals surface area contributed by atoms with Crippen molar-refractivity contribution in [3.05, 3.63) is 82.6 Å². The van der Waals surface area contributed by atoms with E-state index in [9.17, 15) is 9.59 Å². The largest absolute Gasteiger partial charge is 0.497 e. The van der Waals surface area contributed by atoms with Crippen LogP contribution in [-0.2, 0) is 11.3 Å². The van der Waals surface area contributed by atoms with Gasteiger partial charge in [0.25, 0.3) is 11.7 Å². The van der Waals surface area contributed by atoms with Gasteiger partial charge < -0.3 is 19.4 Å². The summed E-state index contributed by atoms with van der Waals surface area (Å²) < 4.78 is 10.8. The van der Waals surface area contributed by atoms with Crippen LogP contribution in [0.15, 0.2) is 60.8 Å². The van der Waals surface area contributed by atoms with Crippen LogP contribution in [0.2, 0.25) is 5.02 Å². The van der Waals surface area contributed by atoms with Crippen molar-refractivity contribution in [2.24, 2.45) is 0 Å². The zero-order valence-corrected chi connectivity index (χ0v) is 19.8. The van der Waals surface area contributed by atoms with Crippen LogP contribution in [0, 0.1) is 6.92 Å². The maximum Gasteiger partial charge on any atom is 0.299 e. The van der Waals surface area contributed by atoms with Crippen molar-refractivity contribution in [3.8, 4) is 11.6 Å². The Morgan fingerprint density at radius 3 is 2.56 bits per heavy atom. The predicted octanol–water partition coefficient (Wildman–Crippen LogP) is 5.35. The summed E-state index contributed by atoms with van der Waals surface area (Å²) in [5, 5.41) is 1.22. The summed E-state index contributed by atoms with van der Waals surface area (Å²) in [6.45, 7) is 4.22. The van der Waals surface area contributed by atoms with Crippen LogP contribution in [-0.4, -0.2) is 35.4 Å². The minimum Gasteiger partial charge on any atom is -0.497 e. The maximum atomic E-state index is 13.7. The quantitative estimate of drug-likeness (QED) is 0.273. The number of ether oxygens (including phenoxy) is 2. The van der Waals surface area contributed by atoms with E-state index >= 15 is 0 Å². The molecular weight excluding hydrogens is 454 g/mol. The SMILES string of the molecule is CCOc1cc(N(Cc2ccc(Cl)cc2)C(=O)C(=O)c2c(C)[nH]c3ccc(OC)cc23)ccn1. The number of anilines is 1. The Morgan fingerprint density at radius 2 is 1.85 bits per heavy atom. The second-order valence-corrected chi connectivity index (χ2v) is 8.11. The van der Waals surface area contributed by atoms with E-state index in [1.807, 2.05) is 25.1 Å². The van der Waals surface area contributed by atoms with Gasteiger partial charge in [0.2, 0.25) is 5.88 Å². The molecule has 1 amide bonds. The normalized spacial score (nSPS) is 10.8. The smallest absolute Gasteiger partial charge is 0.299 e. The van der Waals surface area contributed by atoms with Crippen LogP contribution in [0.25, 0.3) is 10.9 Å². The number of H-pyrrole nitrogens is 1. The van der Waals surface area contributed by atoms with E-state index in [4.69, 9.17) is 21.1 Å². The van der Waals surface area contributed by atoms with E-state index in [-0.39, 0.29) is 6.54 Å². The number of nitrogens with zero attached hydrogens (tertiary/aromatic N) is 2. The number of methoxy groups -OCH3 is 1. The second-order valence-electron chi connectivity index (χ2n) is 7.67. The average Bonchev–Trinajstić information content (AvgIpc) is 3.17. The third-order valence-electron chi connectivity index (χ3n) is 5.44. The molecule has 0 fully saturated rings. The first-order valence-electron chi connectivity index (χ1n) is 10.8. The fourth-order valence-electron chi connectivity index (χ4n) is 3.80. The number of benzene rings is 2. The molecule has 174 valence electrons. The predicted molar refractivity (Wildman–Crippen MR) is 132 cm³/mol. The summed E-state index contributed by atoms with van der Waals surface area (Å²) >= 11 is 6.03. The molecule has 2 aromatic heterocycles. The Labute approximate surface area is 202 Å². The zero-order chi connectivity index (χ0) is 24.2. The summed E-state index contributed by atoms with van der Waals surface area (Å²) in [6, 6.07) is 15.8. The van der Waals surface area contributed by atoms with Crippen LogP contribution >= 0.6 is 11.6 Å². The van der Waals surface area contributed by atoms with E-state index < -0.39 is 11.7 Å². The first kappa shape index (κ1) is 23.3. The van der Waals surface area contributed by atoms with Gasteiger partial charge in [-0.15, -0.1) is 0 Å². The van der Waals surface area contributed by atoms with Gasteiger partial charge in [-0.05, 0) is 55.8 Å². The number of hydrogen-bond acceptors (Lipinski definition) is 5. The minimum absolute atomic E-state index is 0.169. The van der Waals surface area contributed by atoms with Crippen molar-refractivity contribution in [2.75, 3.05) is 18.6 Å². The highest BCUT2D eigenvalue weighted by atomic mass is 35.5. The number of halogens is 1. The first-order valence-corrected chi connectivity index (χ1v) is 11.1. The Balaban J connectivity index is 1.76. The topological polar surface area (TPSA) is 84.5 Å². The zero-order valence-electron chi connectivity index (χ0n) is 19.1. The molecule has 0 radical (unpaired) electrons. The third-order valence-corrected chi connectivity index (χ3v) is 5.69. The molecule has 0 bridgehead atoms. The number of nitrogens with one attached hydrogen (secondary N) is 1. The molecule has 4 aromatic rings. The van der Waals surface area contributed by atoms with Gasteiger partial charge in [-0.1, -0.05) is 23.7 Å². The van der Waals surface area contributed by atoms with Gasteiger partial charge in [-0.2, -0.15) is 0 Å². The second kappa shape index (κ2) is 9.97. The van der Waals surface area contributed by atoms with Crippen LogP contribution < -0.4 is 14.4 Å². The summed E-state index contributed by atoms with van der Waals surface area (Å²) in [4.78, 5) is 36.1. The number of aromatic amines is 1. The molecule has 0 aliphatic carbocycles. The van der Waals surface area contributed by atoms with E-state index in [0.717, 1.165) is 11.1 Å². The average molecular weight is 478 g/mol. The van der Waals surface area contributed by atoms with Crippen molar-refractivity contribution < 1.29 is 19.1 Å². The number of fused-ring (bicyclic) bond motifs is 1. The fraction of sp³-hybridized carbons (Fsp3) is 0.192. The van der Waals surface area contributed by atoms with Gasteiger partial charge in [0.1, 0.15) is 5.75 Å². The molecule has 0 aliphatic rings. The number of carbonyl (C=O) groups is 2. The highest BCUT2D eigenvalue weighted by molar-refractivity contribution is 6.49. The van der Waals surface area contributed by atoms with E-state index in [2.05, 4.69) is 9.97 Å². The molecule has 4 rings (SSSR count). The molecule has 7 nitrogen and oxygen atoms in total. The van der Waals surface area contributed by atoms with E-state index in [1.54, 1.807) is 56.6 Å². The van der Waals surface area contributed by atoms with Gasteiger partial charge in [0.05, 0.1) is 31.5 Å². The number of Topliss-reactive ketones (excluding diaryl/α,β-unsaturated/α-hetero) is 1. The lowest BCUT2D eigenvalue weighted by Gasteiger charge is -2.23. The maximum absolute atomic E-state index is 13.7.